The number of carbonyl (C=O) groups is 1. The lowest BCUT2D eigenvalue weighted by molar-refractivity contribution is 0.112. The largest absolute Gasteiger partial charge is 0.493 e. The Morgan fingerprint density at radius 2 is 1.70 bits per heavy atom. The fourth-order valence-electron chi connectivity index (χ4n) is 2.19. The number of ether oxygens (including phenoxy) is 2. The predicted octanol–water partition coefficient (Wildman–Crippen LogP) is 3.70. The Balaban J connectivity index is 2.16. The van der Waals surface area contributed by atoms with E-state index in [-0.39, 0.29) is 0 Å². The van der Waals surface area contributed by atoms with Crippen molar-refractivity contribution in [2.75, 3.05) is 7.11 Å². The highest BCUT2D eigenvalue weighted by molar-refractivity contribution is 5.76. The van der Waals surface area contributed by atoms with E-state index in [0.717, 1.165) is 11.8 Å². The Bertz CT molecular complexity index is 597. The summed E-state index contributed by atoms with van der Waals surface area (Å²) in [6.07, 6.45) is 0.788. The number of carbonyl (C=O) groups excluding carboxylic acids is 1. The van der Waals surface area contributed by atoms with E-state index in [1.807, 2.05) is 0 Å². The van der Waals surface area contributed by atoms with Crippen LogP contribution in [0.5, 0.6) is 11.5 Å². The molecule has 2 rings (SSSR count). The van der Waals surface area contributed by atoms with Crippen LogP contribution in [0.3, 0.4) is 0 Å². The van der Waals surface area contributed by atoms with Gasteiger partial charge in [0, 0.05) is 5.56 Å². The number of rotatable bonds is 5. The first-order valence-electron chi connectivity index (χ1n) is 6.45. The van der Waals surface area contributed by atoms with Gasteiger partial charge < -0.3 is 9.47 Å². The number of benzene rings is 2. The number of aryl methyl sites for hydroxylation is 2. The Hall–Kier alpha value is -2.29. The first-order valence-corrected chi connectivity index (χ1v) is 6.45. The molecule has 0 unspecified atom stereocenters. The highest BCUT2D eigenvalue weighted by Gasteiger charge is 2.06. The van der Waals surface area contributed by atoms with Gasteiger partial charge in [0.05, 0.1) is 7.11 Å². The smallest absolute Gasteiger partial charge is 0.161 e. The fourth-order valence-corrected chi connectivity index (χ4v) is 2.19. The monoisotopic (exact) mass is 270 g/mol. The van der Waals surface area contributed by atoms with E-state index < -0.39 is 0 Å². The molecule has 20 heavy (non-hydrogen) atoms. The third kappa shape index (κ3) is 3.38. The molecular formula is C17H18O3. The average molecular weight is 270 g/mol. The van der Waals surface area contributed by atoms with Gasteiger partial charge in [-0.15, -0.1) is 0 Å². The second kappa shape index (κ2) is 6.24. The standard InChI is InChI=1S/C17H18O3/c1-12-6-13(2)8-15(7-12)11-20-16-5-4-14(10-18)9-17(16)19-3/h4-10H,11H2,1-3H3. The Morgan fingerprint density at radius 1 is 1.00 bits per heavy atom. The van der Waals surface area contributed by atoms with Gasteiger partial charge in [0.2, 0.25) is 0 Å². The van der Waals surface area contributed by atoms with Crippen molar-refractivity contribution in [3.63, 3.8) is 0 Å². The van der Waals surface area contributed by atoms with Gasteiger partial charge in [0.15, 0.2) is 11.5 Å². The van der Waals surface area contributed by atoms with Crippen molar-refractivity contribution in [3.8, 4) is 11.5 Å². The van der Waals surface area contributed by atoms with E-state index in [0.29, 0.717) is 23.7 Å². The van der Waals surface area contributed by atoms with E-state index in [9.17, 15) is 4.79 Å². The van der Waals surface area contributed by atoms with Crippen LogP contribution in [0.1, 0.15) is 27.0 Å². The van der Waals surface area contributed by atoms with E-state index >= 15 is 0 Å². The van der Waals surface area contributed by atoms with Gasteiger partial charge >= 0.3 is 0 Å². The molecular weight excluding hydrogens is 252 g/mol. The number of aldehydes is 1. The van der Waals surface area contributed by atoms with Crippen LogP contribution < -0.4 is 9.47 Å². The Morgan fingerprint density at radius 3 is 2.30 bits per heavy atom. The first-order chi connectivity index (χ1) is 9.62. The maximum atomic E-state index is 10.7. The molecule has 0 saturated heterocycles. The second-order valence-electron chi connectivity index (χ2n) is 4.81. The third-order valence-electron chi connectivity index (χ3n) is 3.00. The highest BCUT2D eigenvalue weighted by Crippen LogP contribution is 2.28. The summed E-state index contributed by atoms with van der Waals surface area (Å²) in [6.45, 7) is 4.60. The van der Waals surface area contributed by atoms with Crippen molar-refractivity contribution in [2.45, 2.75) is 20.5 Å². The van der Waals surface area contributed by atoms with Crippen molar-refractivity contribution < 1.29 is 14.3 Å². The molecule has 2 aromatic rings. The zero-order valence-corrected chi connectivity index (χ0v) is 12.0. The van der Waals surface area contributed by atoms with Gasteiger partial charge in [-0.05, 0) is 37.6 Å². The third-order valence-corrected chi connectivity index (χ3v) is 3.00. The molecule has 0 atom stereocenters. The first kappa shape index (κ1) is 14.1. The lowest BCUT2D eigenvalue weighted by Crippen LogP contribution is -1.99. The van der Waals surface area contributed by atoms with Crippen LogP contribution in [-0.2, 0) is 6.61 Å². The van der Waals surface area contributed by atoms with E-state index in [1.165, 1.54) is 11.1 Å². The van der Waals surface area contributed by atoms with Gasteiger partial charge in [-0.2, -0.15) is 0 Å². The molecule has 0 aliphatic rings. The molecule has 0 bridgehead atoms. The van der Waals surface area contributed by atoms with E-state index in [1.54, 1.807) is 25.3 Å². The van der Waals surface area contributed by atoms with Crippen LogP contribution in [0.2, 0.25) is 0 Å². The zero-order valence-electron chi connectivity index (χ0n) is 12.0. The summed E-state index contributed by atoms with van der Waals surface area (Å²) in [5, 5.41) is 0. The molecule has 2 aromatic carbocycles. The molecule has 0 aromatic heterocycles. The summed E-state index contributed by atoms with van der Waals surface area (Å²) in [6, 6.07) is 11.5. The van der Waals surface area contributed by atoms with Gasteiger partial charge in [0.1, 0.15) is 12.9 Å². The Labute approximate surface area is 119 Å². The maximum Gasteiger partial charge on any atom is 0.161 e. The lowest BCUT2D eigenvalue weighted by Gasteiger charge is -2.12. The van der Waals surface area contributed by atoms with Crippen LogP contribution in [0.4, 0.5) is 0 Å². The number of methoxy groups -OCH3 is 1. The normalized spacial score (nSPS) is 10.2. The van der Waals surface area contributed by atoms with E-state index in [2.05, 4.69) is 32.0 Å². The van der Waals surface area contributed by atoms with Gasteiger partial charge in [0.25, 0.3) is 0 Å². The van der Waals surface area contributed by atoms with Crippen molar-refractivity contribution in [2.24, 2.45) is 0 Å². The fraction of sp³-hybridized carbons (Fsp3) is 0.235. The summed E-state index contributed by atoms with van der Waals surface area (Å²) >= 11 is 0. The topological polar surface area (TPSA) is 35.5 Å². The minimum atomic E-state index is 0.472. The molecule has 0 fully saturated rings. The van der Waals surface area contributed by atoms with Crippen LogP contribution in [0.25, 0.3) is 0 Å². The molecule has 3 heteroatoms. The summed E-state index contributed by atoms with van der Waals surface area (Å²) in [5.41, 5.74) is 4.11. The van der Waals surface area contributed by atoms with Crippen molar-refractivity contribution >= 4 is 6.29 Å². The Kier molecular flexibility index (Phi) is 4.41. The quantitative estimate of drug-likeness (QED) is 0.777. The molecule has 0 saturated carbocycles. The summed E-state index contributed by atoms with van der Waals surface area (Å²) in [4.78, 5) is 10.7. The van der Waals surface area contributed by atoms with Gasteiger partial charge in [-0.25, -0.2) is 0 Å². The molecule has 0 radical (unpaired) electrons. The van der Waals surface area contributed by atoms with Crippen molar-refractivity contribution in [1.29, 1.82) is 0 Å². The highest BCUT2D eigenvalue weighted by atomic mass is 16.5. The van der Waals surface area contributed by atoms with Crippen LogP contribution in [-0.4, -0.2) is 13.4 Å². The summed E-state index contributed by atoms with van der Waals surface area (Å²) in [7, 11) is 1.56. The maximum absolute atomic E-state index is 10.7. The predicted molar refractivity (Wildman–Crippen MR) is 78.6 cm³/mol. The molecule has 0 N–H and O–H groups in total. The second-order valence-corrected chi connectivity index (χ2v) is 4.81. The molecule has 0 aliphatic heterocycles. The minimum Gasteiger partial charge on any atom is -0.493 e. The van der Waals surface area contributed by atoms with Crippen LogP contribution in [0.15, 0.2) is 36.4 Å². The lowest BCUT2D eigenvalue weighted by atomic mass is 10.1. The summed E-state index contributed by atoms with van der Waals surface area (Å²) in [5.74, 6) is 1.20. The minimum absolute atomic E-state index is 0.472. The SMILES string of the molecule is COc1cc(C=O)ccc1OCc1cc(C)cc(C)c1. The molecule has 104 valence electrons. The molecule has 0 heterocycles. The van der Waals surface area contributed by atoms with Gasteiger partial charge in [-0.1, -0.05) is 29.3 Å². The average Bonchev–Trinajstić information content (AvgIpc) is 2.44. The van der Waals surface area contributed by atoms with Gasteiger partial charge in [-0.3, -0.25) is 4.79 Å². The molecule has 0 amide bonds. The zero-order chi connectivity index (χ0) is 14.5. The molecule has 3 nitrogen and oxygen atoms in total. The molecule has 0 aliphatic carbocycles. The van der Waals surface area contributed by atoms with Crippen LogP contribution in [0, 0.1) is 13.8 Å². The van der Waals surface area contributed by atoms with Crippen molar-refractivity contribution in [3.05, 3.63) is 58.7 Å². The van der Waals surface area contributed by atoms with Crippen LogP contribution >= 0.6 is 0 Å². The number of hydrogen-bond acceptors (Lipinski definition) is 3. The summed E-state index contributed by atoms with van der Waals surface area (Å²) < 4.78 is 11.0. The molecule has 0 spiro atoms. The number of hydrogen-bond donors (Lipinski definition) is 0. The van der Waals surface area contributed by atoms with Crippen molar-refractivity contribution in [1.82, 2.24) is 0 Å². The van der Waals surface area contributed by atoms with E-state index in [4.69, 9.17) is 9.47 Å².